The number of halogens is 4. The molecule has 37 heavy (non-hydrogen) atoms. The van der Waals surface area contributed by atoms with Crippen molar-refractivity contribution in [3.05, 3.63) is 85.1 Å². The lowest BCUT2D eigenvalue weighted by molar-refractivity contribution is -0.138. The average Bonchev–Trinajstić information content (AvgIpc) is 3.24. The largest absolute Gasteiger partial charge is 0.511 e. The van der Waals surface area contributed by atoms with Crippen LogP contribution in [0.5, 0.6) is 5.75 Å². The zero-order valence-corrected chi connectivity index (χ0v) is 19.7. The molecule has 0 radical (unpaired) electrons. The Labute approximate surface area is 210 Å². The van der Waals surface area contributed by atoms with E-state index in [4.69, 9.17) is 21.4 Å². The van der Waals surface area contributed by atoms with Crippen LogP contribution in [0.3, 0.4) is 0 Å². The SMILES string of the molecule is Cc1c(Cn2c(=O)c(OC(=O)O)cn(-c3ccc(N4CCOC4=O)c(Cl)c3)c2=O)cccc1C(F)(F)F. The molecular weight excluding hydrogens is 523 g/mol. The summed E-state index contributed by atoms with van der Waals surface area (Å²) >= 11 is 6.32. The number of hydrogen-bond donors (Lipinski definition) is 1. The fraction of sp³-hybridized carbons (Fsp3) is 0.217. The van der Waals surface area contributed by atoms with Crippen molar-refractivity contribution in [2.75, 3.05) is 18.1 Å². The Morgan fingerprint density at radius 1 is 1.19 bits per heavy atom. The molecule has 0 saturated carbocycles. The summed E-state index contributed by atoms with van der Waals surface area (Å²) in [5, 5.41) is 9.08. The average molecular weight is 540 g/mol. The van der Waals surface area contributed by atoms with E-state index in [9.17, 15) is 32.3 Å². The van der Waals surface area contributed by atoms with Crippen LogP contribution < -0.4 is 20.9 Å². The molecule has 1 N–H and O–H groups in total. The van der Waals surface area contributed by atoms with Crippen LogP contribution in [0, 0.1) is 6.92 Å². The maximum absolute atomic E-state index is 13.4. The molecule has 4 rings (SSSR count). The summed E-state index contributed by atoms with van der Waals surface area (Å²) in [5.74, 6) is -0.764. The van der Waals surface area contributed by atoms with Gasteiger partial charge in [0, 0.05) is 0 Å². The molecule has 14 heteroatoms. The number of carbonyl (C=O) groups is 2. The third-order valence-electron chi connectivity index (χ3n) is 5.68. The van der Waals surface area contributed by atoms with Gasteiger partial charge in [-0.25, -0.2) is 14.4 Å². The van der Waals surface area contributed by atoms with Crippen molar-refractivity contribution in [3.8, 4) is 11.4 Å². The van der Waals surface area contributed by atoms with Crippen molar-refractivity contribution in [1.82, 2.24) is 9.13 Å². The molecule has 0 atom stereocenters. The molecule has 2 heterocycles. The highest BCUT2D eigenvalue weighted by molar-refractivity contribution is 6.34. The Morgan fingerprint density at radius 2 is 1.92 bits per heavy atom. The molecule has 0 unspecified atom stereocenters. The summed E-state index contributed by atoms with van der Waals surface area (Å²) in [7, 11) is 0. The summed E-state index contributed by atoms with van der Waals surface area (Å²) in [6.07, 6.45) is -6.29. The summed E-state index contributed by atoms with van der Waals surface area (Å²) in [5.41, 5.74) is -2.95. The maximum Gasteiger partial charge on any atom is 0.511 e. The summed E-state index contributed by atoms with van der Waals surface area (Å²) in [6.45, 7) is 0.999. The van der Waals surface area contributed by atoms with E-state index in [1.807, 2.05) is 0 Å². The summed E-state index contributed by atoms with van der Waals surface area (Å²) < 4.78 is 50.9. The number of nitrogens with zero attached hydrogens (tertiary/aromatic N) is 3. The molecule has 1 fully saturated rings. The van der Waals surface area contributed by atoms with Crippen molar-refractivity contribution in [3.63, 3.8) is 0 Å². The van der Waals surface area contributed by atoms with Crippen LogP contribution >= 0.6 is 11.6 Å². The normalized spacial score (nSPS) is 13.5. The fourth-order valence-corrected chi connectivity index (χ4v) is 4.15. The molecule has 194 valence electrons. The topological polar surface area (TPSA) is 120 Å². The van der Waals surface area contributed by atoms with Gasteiger partial charge < -0.3 is 14.6 Å². The Balaban J connectivity index is 1.85. The third kappa shape index (κ3) is 5.03. The van der Waals surface area contributed by atoms with Gasteiger partial charge in [-0.2, -0.15) is 13.2 Å². The first-order valence-corrected chi connectivity index (χ1v) is 10.9. The standard InChI is InChI=1S/C23H17ClF3N3O7/c1-12-13(3-2-4-15(12)23(25,26)27)10-30-19(31)18(37-22(34)35)11-29(20(30)32)14-5-6-17(16(24)9-14)28-7-8-36-21(28)33/h2-6,9,11H,7-8,10H2,1H3,(H,34,35). The lowest BCUT2D eigenvalue weighted by atomic mass is 10.0. The zero-order valence-electron chi connectivity index (χ0n) is 18.9. The molecule has 10 nitrogen and oxygen atoms in total. The predicted octanol–water partition coefficient (Wildman–Crippen LogP) is 4.04. The van der Waals surface area contributed by atoms with E-state index in [0.29, 0.717) is 4.57 Å². The Hall–Kier alpha value is -4.26. The monoisotopic (exact) mass is 539 g/mol. The van der Waals surface area contributed by atoms with E-state index in [-0.39, 0.29) is 40.7 Å². The number of amides is 1. The van der Waals surface area contributed by atoms with Crippen molar-refractivity contribution >= 4 is 29.5 Å². The van der Waals surface area contributed by atoms with Gasteiger partial charge in [-0.05, 0) is 42.3 Å². The van der Waals surface area contributed by atoms with Gasteiger partial charge in [-0.15, -0.1) is 0 Å². The van der Waals surface area contributed by atoms with Gasteiger partial charge in [-0.3, -0.25) is 18.8 Å². The van der Waals surface area contributed by atoms with Gasteiger partial charge in [0.25, 0.3) is 5.56 Å². The van der Waals surface area contributed by atoms with E-state index in [1.165, 1.54) is 36.1 Å². The van der Waals surface area contributed by atoms with Gasteiger partial charge in [0.1, 0.15) is 6.61 Å². The van der Waals surface area contributed by atoms with Gasteiger partial charge >= 0.3 is 24.1 Å². The number of benzene rings is 2. The molecule has 1 saturated heterocycles. The molecule has 0 aliphatic carbocycles. The number of rotatable bonds is 5. The first-order valence-electron chi connectivity index (χ1n) is 10.6. The van der Waals surface area contributed by atoms with E-state index in [2.05, 4.69) is 4.74 Å². The smallest absolute Gasteiger partial charge is 0.449 e. The van der Waals surface area contributed by atoms with Gasteiger partial charge in [-0.1, -0.05) is 23.7 Å². The zero-order chi connectivity index (χ0) is 27.1. The Bertz CT molecular complexity index is 1530. The van der Waals surface area contributed by atoms with Crippen molar-refractivity contribution < 1.29 is 37.3 Å². The third-order valence-corrected chi connectivity index (χ3v) is 5.98. The molecule has 1 amide bonds. The summed E-state index contributed by atoms with van der Waals surface area (Å²) in [6, 6.07) is 7.40. The molecule has 3 aromatic rings. The van der Waals surface area contributed by atoms with E-state index in [1.54, 1.807) is 0 Å². The van der Waals surface area contributed by atoms with Crippen LogP contribution in [-0.4, -0.2) is 39.6 Å². The van der Waals surface area contributed by atoms with Crippen LogP contribution in [0.1, 0.15) is 16.7 Å². The highest BCUT2D eigenvalue weighted by atomic mass is 35.5. The van der Waals surface area contributed by atoms with Crippen LogP contribution in [0.4, 0.5) is 28.4 Å². The molecule has 1 aliphatic rings. The van der Waals surface area contributed by atoms with Crippen molar-refractivity contribution in [1.29, 1.82) is 0 Å². The maximum atomic E-state index is 13.4. The first-order chi connectivity index (χ1) is 17.4. The number of carbonyl (C=O) groups excluding carboxylic acids is 1. The van der Waals surface area contributed by atoms with Crippen LogP contribution in [0.15, 0.2) is 52.2 Å². The number of aromatic nitrogens is 2. The van der Waals surface area contributed by atoms with E-state index in [0.717, 1.165) is 22.9 Å². The predicted molar refractivity (Wildman–Crippen MR) is 124 cm³/mol. The minimum absolute atomic E-state index is 0.00831. The number of hydrogen-bond acceptors (Lipinski definition) is 6. The van der Waals surface area contributed by atoms with Crippen LogP contribution in [-0.2, 0) is 17.5 Å². The second-order valence-electron chi connectivity index (χ2n) is 7.89. The number of anilines is 1. The quantitative estimate of drug-likeness (QED) is 0.486. The minimum atomic E-state index is -4.67. The van der Waals surface area contributed by atoms with Crippen molar-refractivity contribution in [2.45, 2.75) is 19.6 Å². The molecule has 0 spiro atoms. The molecule has 0 bridgehead atoms. The van der Waals surface area contributed by atoms with Gasteiger partial charge in [0.15, 0.2) is 0 Å². The molecule has 2 aromatic carbocycles. The Kier molecular flexibility index (Phi) is 6.74. The second kappa shape index (κ2) is 9.65. The van der Waals surface area contributed by atoms with Crippen molar-refractivity contribution in [2.24, 2.45) is 0 Å². The number of ether oxygens (including phenoxy) is 2. The highest BCUT2D eigenvalue weighted by Gasteiger charge is 2.33. The van der Waals surface area contributed by atoms with Crippen LogP contribution in [0.2, 0.25) is 5.02 Å². The number of carboxylic acid groups (broad SMARTS) is 1. The number of alkyl halides is 3. The number of cyclic esters (lactones) is 1. The highest BCUT2D eigenvalue weighted by Crippen LogP contribution is 2.33. The summed E-state index contributed by atoms with van der Waals surface area (Å²) in [4.78, 5) is 50.5. The van der Waals surface area contributed by atoms with E-state index >= 15 is 0 Å². The van der Waals surface area contributed by atoms with Gasteiger partial charge in [0.2, 0.25) is 5.75 Å². The molecule has 1 aromatic heterocycles. The first kappa shape index (κ1) is 25.8. The lowest BCUT2D eigenvalue weighted by Gasteiger charge is -2.18. The molecule has 1 aliphatic heterocycles. The van der Waals surface area contributed by atoms with Gasteiger partial charge in [0.05, 0.1) is 41.2 Å². The Morgan fingerprint density at radius 3 is 2.51 bits per heavy atom. The minimum Gasteiger partial charge on any atom is -0.449 e. The lowest BCUT2D eigenvalue weighted by Crippen LogP contribution is -2.40. The van der Waals surface area contributed by atoms with Crippen LogP contribution in [0.25, 0.3) is 5.69 Å². The second-order valence-corrected chi connectivity index (χ2v) is 8.30. The fourth-order valence-electron chi connectivity index (χ4n) is 3.88. The molecular formula is C23H17ClF3N3O7. The van der Waals surface area contributed by atoms with E-state index < -0.39 is 47.5 Å².